The minimum atomic E-state index is -0.817. The topological polar surface area (TPSA) is 44.8 Å². The number of hydrogen-bond acceptors (Lipinski definition) is 4. The van der Waals surface area contributed by atoms with Crippen LogP contribution in [0.25, 0.3) is 0 Å². The number of ether oxygens (including phenoxy) is 3. The maximum Gasteiger partial charge on any atom is 0.513 e. The van der Waals surface area contributed by atoms with E-state index in [1.807, 2.05) is 19.9 Å². The van der Waals surface area contributed by atoms with Crippen LogP contribution in [0.4, 0.5) is 4.79 Å². The van der Waals surface area contributed by atoms with Gasteiger partial charge in [-0.05, 0) is 43.2 Å². The molecule has 0 saturated heterocycles. The Morgan fingerprint density at radius 2 is 1.78 bits per heavy atom. The average Bonchev–Trinajstić information content (AvgIpc) is 2.51. The van der Waals surface area contributed by atoms with Crippen molar-refractivity contribution in [3.05, 3.63) is 57.1 Å². The van der Waals surface area contributed by atoms with Crippen LogP contribution in [0.5, 0.6) is 11.5 Å². The summed E-state index contributed by atoms with van der Waals surface area (Å²) >= 11 is 12.3. The first-order valence-corrected chi connectivity index (χ1v) is 7.60. The van der Waals surface area contributed by atoms with E-state index in [-0.39, 0.29) is 6.61 Å². The molecule has 0 amide bonds. The van der Waals surface area contributed by atoms with Gasteiger partial charge in [-0.15, -0.1) is 0 Å². The van der Waals surface area contributed by atoms with Crippen LogP contribution in [0.1, 0.15) is 16.7 Å². The van der Waals surface area contributed by atoms with E-state index in [0.29, 0.717) is 27.1 Å². The Morgan fingerprint density at radius 3 is 2.48 bits per heavy atom. The van der Waals surface area contributed by atoms with E-state index in [4.69, 9.17) is 32.7 Å². The summed E-state index contributed by atoms with van der Waals surface area (Å²) in [5, 5.41) is 1.05. The molecule has 2 aromatic rings. The normalized spacial score (nSPS) is 10.3. The lowest BCUT2D eigenvalue weighted by Crippen LogP contribution is -2.10. The van der Waals surface area contributed by atoms with Crippen LogP contribution in [0.3, 0.4) is 0 Å². The number of carbonyl (C=O) groups is 1. The quantitative estimate of drug-likeness (QED) is 0.549. The highest BCUT2D eigenvalue weighted by Crippen LogP contribution is 2.31. The van der Waals surface area contributed by atoms with E-state index in [0.717, 1.165) is 11.1 Å². The summed E-state index contributed by atoms with van der Waals surface area (Å²) in [7, 11) is 1.24. The van der Waals surface area contributed by atoms with Crippen molar-refractivity contribution in [3.63, 3.8) is 0 Å². The monoisotopic (exact) mass is 354 g/mol. The second-order valence-corrected chi connectivity index (χ2v) is 5.74. The number of hydrogen-bond donors (Lipinski definition) is 0. The number of carbonyl (C=O) groups excluding carboxylic acids is 1. The molecule has 2 aromatic carbocycles. The molecule has 0 unspecified atom stereocenters. The van der Waals surface area contributed by atoms with Crippen molar-refractivity contribution in [1.29, 1.82) is 0 Å². The van der Waals surface area contributed by atoms with Gasteiger partial charge in [0.15, 0.2) is 0 Å². The lowest BCUT2D eigenvalue weighted by atomic mass is 10.1. The van der Waals surface area contributed by atoms with Gasteiger partial charge < -0.3 is 14.2 Å². The smallest absolute Gasteiger partial charge is 0.488 e. The van der Waals surface area contributed by atoms with Gasteiger partial charge >= 0.3 is 6.16 Å². The zero-order valence-corrected chi connectivity index (χ0v) is 14.5. The molecule has 0 aromatic heterocycles. The second kappa shape index (κ2) is 7.57. The predicted octanol–water partition coefficient (Wildman–Crippen LogP) is 5.33. The summed E-state index contributed by atoms with van der Waals surface area (Å²) < 4.78 is 15.4. The van der Waals surface area contributed by atoms with Crippen LogP contribution < -0.4 is 9.47 Å². The maximum absolute atomic E-state index is 11.3. The first-order chi connectivity index (χ1) is 10.9. The van der Waals surface area contributed by atoms with Gasteiger partial charge in [0.25, 0.3) is 0 Å². The van der Waals surface area contributed by atoms with Gasteiger partial charge in [-0.3, -0.25) is 0 Å². The predicted molar refractivity (Wildman–Crippen MR) is 89.7 cm³/mol. The van der Waals surface area contributed by atoms with Crippen LogP contribution in [0.15, 0.2) is 30.3 Å². The van der Waals surface area contributed by atoms with Crippen molar-refractivity contribution in [1.82, 2.24) is 0 Å². The summed E-state index contributed by atoms with van der Waals surface area (Å²) in [5.41, 5.74) is 2.48. The van der Waals surface area contributed by atoms with E-state index >= 15 is 0 Å². The number of rotatable bonds is 4. The zero-order valence-electron chi connectivity index (χ0n) is 13.0. The van der Waals surface area contributed by atoms with E-state index in [1.165, 1.54) is 7.11 Å². The Morgan fingerprint density at radius 1 is 1.04 bits per heavy atom. The van der Waals surface area contributed by atoms with Crippen molar-refractivity contribution >= 4 is 29.4 Å². The number of benzene rings is 2. The molecule has 0 fully saturated rings. The zero-order chi connectivity index (χ0) is 17.0. The summed E-state index contributed by atoms with van der Waals surface area (Å²) in [4.78, 5) is 11.3. The van der Waals surface area contributed by atoms with Gasteiger partial charge in [0.1, 0.15) is 18.1 Å². The highest BCUT2D eigenvalue weighted by Gasteiger charge is 2.14. The first-order valence-electron chi connectivity index (χ1n) is 6.85. The molecule has 6 heteroatoms. The van der Waals surface area contributed by atoms with Crippen molar-refractivity contribution in [3.8, 4) is 11.5 Å². The summed E-state index contributed by atoms with van der Waals surface area (Å²) in [6.07, 6.45) is -0.817. The Labute approximate surface area is 144 Å². The fourth-order valence-corrected chi connectivity index (χ4v) is 2.39. The molecule has 0 atom stereocenters. The molecule has 0 N–H and O–H groups in total. The van der Waals surface area contributed by atoms with Crippen molar-refractivity contribution in [2.24, 2.45) is 0 Å². The van der Waals surface area contributed by atoms with Gasteiger partial charge in [-0.1, -0.05) is 35.3 Å². The van der Waals surface area contributed by atoms with Crippen molar-refractivity contribution < 1.29 is 19.0 Å². The lowest BCUT2D eigenvalue weighted by Gasteiger charge is -2.14. The van der Waals surface area contributed by atoms with Crippen LogP contribution in [-0.2, 0) is 11.3 Å². The largest absolute Gasteiger partial charge is 0.513 e. The van der Waals surface area contributed by atoms with Gasteiger partial charge in [0.05, 0.1) is 17.7 Å². The third kappa shape index (κ3) is 4.30. The fourth-order valence-electron chi connectivity index (χ4n) is 2.02. The Bertz CT molecular complexity index is 729. The summed E-state index contributed by atoms with van der Waals surface area (Å²) in [5.74, 6) is 0.935. The standard InChI is InChI=1S/C17H16Cl2O4/c1-10-7-11(2)16(8-14(10)19)22-9-12-13(18)5-4-6-15(12)23-17(20)21-3/h4-8H,9H2,1-3H3. The maximum atomic E-state index is 11.3. The summed E-state index contributed by atoms with van der Waals surface area (Å²) in [6.45, 7) is 3.98. The third-order valence-electron chi connectivity index (χ3n) is 3.26. The van der Waals surface area contributed by atoms with Crippen LogP contribution in [0, 0.1) is 13.8 Å². The Kier molecular flexibility index (Phi) is 5.74. The highest BCUT2D eigenvalue weighted by atomic mass is 35.5. The molecule has 122 valence electrons. The van der Waals surface area contributed by atoms with E-state index < -0.39 is 6.16 Å². The Balaban J connectivity index is 2.23. The van der Waals surface area contributed by atoms with E-state index in [9.17, 15) is 4.79 Å². The molecule has 0 radical (unpaired) electrons. The van der Waals surface area contributed by atoms with Crippen molar-refractivity contribution in [2.75, 3.05) is 7.11 Å². The van der Waals surface area contributed by atoms with E-state index in [2.05, 4.69) is 4.74 Å². The molecule has 0 aliphatic heterocycles. The number of methoxy groups -OCH3 is 1. The van der Waals surface area contributed by atoms with Crippen LogP contribution in [-0.4, -0.2) is 13.3 Å². The van der Waals surface area contributed by atoms with Crippen LogP contribution in [0.2, 0.25) is 10.0 Å². The van der Waals surface area contributed by atoms with Gasteiger partial charge in [-0.25, -0.2) is 4.79 Å². The van der Waals surface area contributed by atoms with Gasteiger partial charge in [0, 0.05) is 5.02 Å². The molecular weight excluding hydrogens is 339 g/mol. The van der Waals surface area contributed by atoms with E-state index in [1.54, 1.807) is 24.3 Å². The molecular formula is C17H16Cl2O4. The minimum Gasteiger partial charge on any atom is -0.488 e. The molecule has 0 aliphatic rings. The minimum absolute atomic E-state index is 0.131. The molecule has 2 rings (SSSR count). The summed E-state index contributed by atoms with van der Waals surface area (Å²) in [6, 6.07) is 8.69. The highest BCUT2D eigenvalue weighted by molar-refractivity contribution is 6.31. The SMILES string of the molecule is COC(=O)Oc1cccc(Cl)c1COc1cc(Cl)c(C)cc1C. The number of halogens is 2. The molecule has 0 bridgehead atoms. The third-order valence-corrected chi connectivity index (χ3v) is 4.03. The van der Waals surface area contributed by atoms with Gasteiger partial charge in [0.2, 0.25) is 0 Å². The molecule has 0 spiro atoms. The fraction of sp³-hybridized carbons (Fsp3) is 0.235. The molecule has 4 nitrogen and oxygen atoms in total. The first kappa shape index (κ1) is 17.4. The van der Waals surface area contributed by atoms with Crippen molar-refractivity contribution in [2.45, 2.75) is 20.5 Å². The molecule has 0 aliphatic carbocycles. The van der Waals surface area contributed by atoms with Gasteiger partial charge in [-0.2, -0.15) is 0 Å². The average molecular weight is 355 g/mol. The lowest BCUT2D eigenvalue weighted by molar-refractivity contribution is 0.120. The van der Waals surface area contributed by atoms with Crippen LogP contribution >= 0.6 is 23.2 Å². The Hall–Kier alpha value is -1.91. The number of aryl methyl sites for hydroxylation is 2. The molecule has 23 heavy (non-hydrogen) atoms. The molecule has 0 saturated carbocycles. The molecule has 0 heterocycles. The second-order valence-electron chi connectivity index (χ2n) is 4.93.